The van der Waals surface area contributed by atoms with Gasteiger partial charge in [0.15, 0.2) is 5.96 Å². The van der Waals surface area contributed by atoms with E-state index in [-0.39, 0.29) is 5.75 Å². The van der Waals surface area contributed by atoms with Gasteiger partial charge in [0.1, 0.15) is 16.7 Å². The third kappa shape index (κ3) is 6.15. The monoisotopic (exact) mass is 362 g/mol. The molecule has 0 amide bonds. The fourth-order valence-corrected chi connectivity index (χ4v) is 2.31. The van der Waals surface area contributed by atoms with Crippen molar-refractivity contribution < 1.29 is 9.84 Å². The van der Waals surface area contributed by atoms with Crippen molar-refractivity contribution >= 4 is 17.6 Å². The summed E-state index contributed by atoms with van der Waals surface area (Å²) in [5.41, 5.74) is 1.80. The maximum absolute atomic E-state index is 9.94. The number of hydrogen-bond acceptors (Lipinski definition) is 4. The number of phenolic OH excluding ortho intramolecular Hbond substituents is 1. The molecule has 0 radical (unpaired) electrons. The molecule has 0 bridgehead atoms. The smallest absolute Gasteiger partial charge is 0.191 e. The number of nitrogens with one attached hydrogen (secondary N) is 2. The topological polar surface area (TPSA) is 78.8 Å². The zero-order valence-corrected chi connectivity index (χ0v) is 15.2. The second-order valence-corrected chi connectivity index (χ2v) is 5.74. The number of guanidine groups is 1. The van der Waals surface area contributed by atoms with Gasteiger partial charge in [-0.25, -0.2) is 9.98 Å². The molecule has 25 heavy (non-hydrogen) atoms. The molecule has 0 saturated carbocycles. The van der Waals surface area contributed by atoms with Crippen LogP contribution in [0.5, 0.6) is 11.5 Å². The summed E-state index contributed by atoms with van der Waals surface area (Å²) in [6.07, 6.45) is 2.57. The molecule has 0 aliphatic carbocycles. The van der Waals surface area contributed by atoms with Gasteiger partial charge in [-0.3, -0.25) is 0 Å². The van der Waals surface area contributed by atoms with Gasteiger partial charge in [-0.15, -0.1) is 0 Å². The highest BCUT2D eigenvalue weighted by molar-refractivity contribution is 6.29. The van der Waals surface area contributed by atoms with Gasteiger partial charge in [-0.2, -0.15) is 0 Å². The van der Waals surface area contributed by atoms with Crippen LogP contribution >= 0.6 is 11.6 Å². The molecule has 0 atom stereocenters. The first-order chi connectivity index (χ1) is 12.1. The number of benzene rings is 1. The maximum Gasteiger partial charge on any atom is 0.191 e. The molecule has 0 unspecified atom stereocenters. The van der Waals surface area contributed by atoms with Crippen LogP contribution in [0.3, 0.4) is 0 Å². The molecule has 134 valence electrons. The standard InChI is InChI=1S/C18H23ClN4O2/c1-3-20-18(21-9-8-13-4-7-17(19)22-11-13)23-12-14-10-15(25-2)5-6-16(14)24/h4-7,10-11,24H,3,8-9,12H2,1-2H3,(H2,20,21,23). The lowest BCUT2D eigenvalue weighted by molar-refractivity contribution is 0.411. The molecular weight excluding hydrogens is 340 g/mol. The average molecular weight is 363 g/mol. The molecule has 0 saturated heterocycles. The number of phenols is 1. The normalized spacial score (nSPS) is 11.2. The van der Waals surface area contributed by atoms with Crippen molar-refractivity contribution in [1.29, 1.82) is 0 Å². The molecule has 0 aliphatic heterocycles. The lowest BCUT2D eigenvalue weighted by Crippen LogP contribution is -2.38. The van der Waals surface area contributed by atoms with Crippen LogP contribution in [-0.2, 0) is 13.0 Å². The van der Waals surface area contributed by atoms with Crippen molar-refractivity contribution in [2.45, 2.75) is 19.9 Å². The summed E-state index contributed by atoms with van der Waals surface area (Å²) in [4.78, 5) is 8.57. The highest BCUT2D eigenvalue weighted by Gasteiger charge is 2.04. The van der Waals surface area contributed by atoms with E-state index in [1.165, 1.54) is 0 Å². The molecule has 1 aromatic carbocycles. The Morgan fingerprint density at radius 3 is 2.80 bits per heavy atom. The van der Waals surface area contributed by atoms with E-state index in [2.05, 4.69) is 20.6 Å². The Labute approximate surface area is 152 Å². The van der Waals surface area contributed by atoms with Gasteiger partial charge in [-0.1, -0.05) is 17.7 Å². The molecule has 6 nitrogen and oxygen atoms in total. The van der Waals surface area contributed by atoms with Crippen molar-refractivity contribution in [3.05, 3.63) is 52.8 Å². The molecule has 0 fully saturated rings. The largest absolute Gasteiger partial charge is 0.508 e. The maximum atomic E-state index is 9.94. The Hall–Kier alpha value is -2.47. The lowest BCUT2D eigenvalue weighted by Gasteiger charge is -2.12. The minimum absolute atomic E-state index is 0.202. The van der Waals surface area contributed by atoms with Crippen LogP contribution in [0, 0.1) is 0 Å². The van der Waals surface area contributed by atoms with E-state index in [9.17, 15) is 5.11 Å². The SMILES string of the molecule is CCNC(=NCc1cc(OC)ccc1O)NCCc1ccc(Cl)nc1. The zero-order valence-electron chi connectivity index (χ0n) is 14.4. The Bertz CT molecular complexity index is 705. The number of aromatic nitrogens is 1. The molecule has 0 aliphatic rings. The van der Waals surface area contributed by atoms with E-state index < -0.39 is 0 Å². The predicted molar refractivity (Wildman–Crippen MR) is 100 cm³/mol. The first-order valence-corrected chi connectivity index (χ1v) is 8.48. The van der Waals surface area contributed by atoms with Crippen LogP contribution in [0.4, 0.5) is 0 Å². The zero-order chi connectivity index (χ0) is 18.1. The number of ether oxygens (including phenoxy) is 1. The number of hydrogen-bond donors (Lipinski definition) is 3. The quantitative estimate of drug-likeness (QED) is 0.401. The fraction of sp³-hybridized carbons (Fsp3) is 0.333. The number of aromatic hydroxyl groups is 1. The number of rotatable bonds is 7. The fourth-order valence-electron chi connectivity index (χ4n) is 2.20. The van der Waals surface area contributed by atoms with Gasteiger partial charge >= 0.3 is 0 Å². The molecular formula is C18H23ClN4O2. The molecule has 3 N–H and O–H groups in total. The minimum atomic E-state index is 0.202. The molecule has 7 heteroatoms. The Morgan fingerprint density at radius 1 is 1.28 bits per heavy atom. The number of pyridine rings is 1. The Morgan fingerprint density at radius 2 is 2.12 bits per heavy atom. The third-order valence-corrected chi connectivity index (χ3v) is 3.76. The second kappa shape index (κ2) is 9.74. The van der Waals surface area contributed by atoms with Gasteiger partial charge in [-0.05, 0) is 43.2 Å². The molecule has 1 heterocycles. The van der Waals surface area contributed by atoms with Crippen LogP contribution in [0.25, 0.3) is 0 Å². The van der Waals surface area contributed by atoms with E-state index in [1.54, 1.807) is 37.6 Å². The summed E-state index contributed by atoms with van der Waals surface area (Å²) in [6, 6.07) is 8.84. The van der Waals surface area contributed by atoms with E-state index in [0.29, 0.717) is 35.5 Å². The summed E-state index contributed by atoms with van der Waals surface area (Å²) in [6.45, 7) is 3.81. The van der Waals surface area contributed by atoms with Crippen molar-refractivity contribution in [3.8, 4) is 11.5 Å². The predicted octanol–water partition coefficient (Wildman–Crippen LogP) is 2.75. The van der Waals surface area contributed by atoms with Gasteiger partial charge in [0.25, 0.3) is 0 Å². The van der Waals surface area contributed by atoms with Crippen LogP contribution in [-0.4, -0.2) is 36.2 Å². The first-order valence-electron chi connectivity index (χ1n) is 8.11. The minimum Gasteiger partial charge on any atom is -0.508 e. The second-order valence-electron chi connectivity index (χ2n) is 5.36. The van der Waals surface area contributed by atoms with Crippen molar-refractivity contribution in [3.63, 3.8) is 0 Å². The van der Waals surface area contributed by atoms with Crippen molar-refractivity contribution in [2.75, 3.05) is 20.2 Å². The molecule has 1 aromatic heterocycles. The Kier molecular flexibility index (Phi) is 7.35. The highest BCUT2D eigenvalue weighted by Crippen LogP contribution is 2.23. The van der Waals surface area contributed by atoms with Crippen LogP contribution in [0.1, 0.15) is 18.1 Å². The van der Waals surface area contributed by atoms with Gasteiger partial charge in [0.05, 0.1) is 13.7 Å². The Balaban J connectivity index is 1.94. The summed E-state index contributed by atoms with van der Waals surface area (Å²) in [5, 5.41) is 16.9. The molecule has 2 aromatic rings. The van der Waals surface area contributed by atoms with E-state index in [4.69, 9.17) is 16.3 Å². The van der Waals surface area contributed by atoms with Crippen LogP contribution in [0.2, 0.25) is 5.15 Å². The van der Waals surface area contributed by atoms with Gasteiger partial charge in [0.2, 0.25) is 0 Å². The van der Waals surface area contributed by atoms with E-state index in [0.717, 1.165) is 18.5 Å². The summed E-state index contributed by atoms with van der Waals surface area (Å²) in [7, 11) is 1.59. The number of halogens is 1. The summed E-state index contributed by atoms with van der Waals surface area (Å²) in [5.74, 6) is 1.58. The highest BCUT2D eigenvalue weighted by atomic mass is 35.5. The van der Waals surface area contributed by atoms with Crippen LogP contribution < -0.4 is 15.4 Å². The molecule has 2 rings (SSSR count). The average Bonchev–Trinajstić information content (AvgIpc) is 2.62. The number of aliphatic imine (C=N–C) groups is 1. The number of nitrogens with zero attached hydrogens (tertiary/aromatic N) is 2. The van der Waals surface area contributed by atoms with Gasteiger partial charge in [0, 0.05) is 24.8 Å². The third-order valence-electron chi connectivity index (χ3n) is 3.53. The number of methoxy groups -OCH3 is 1. The first kappa shape index (κ1) is 18.9. The van der Waals surface area contributed by atoms with E-state index in [1.807, 2.05) is 13.0 Å². The molecule has 0 spiro atoms. The summed E-state index contributed by atoms with van der Waals surface area (Å²) >= 11 is 5.79. The summed E-state index contributed by atoms with van der Waals surface area (Å²) < 4.78 is 5.18. The van der Waals surface area contributed by atoms with Crippen LogP contribution in [0.15, 0.2) is 41.5 Å². The van der Waals surface area contributed by atoms with Gasteiger partial charge < -0.3 is 20.5 Å². The lowest BCUT2D eigenvalue weighted by atomic mass is 10.2. The van der Waals surface area contributed by atoms with E-state index >= 15 is 0 Å². The van der Waals surface area contributed by atoms with Crippen molar-refractivity contribution in [1.82, 2.24) is 15.6 Å². The van der Waals surface area contributed by atoms with Crippen molar-refractivity contribution in [2.24, 2.45) is 4.99 Å².